The Balaban J connectivity index is 5.32. The van der Waals surface area contributed by atoms with Crippen LogP contribution in [0.15, 0.2) is 0 Å². The van der Waals surface area contributed by atoms with Crippen LogP contribution in [-0.4, -0.2) is 69.9 Å². The minimum absolute atomic E-state index is 0.0861. The van der Waals surface area contributed by atoms with Crippen molar-refractivity contribution in [2.24, 2.45) is 17.6 Å². The van der Waals surface area contributed by atoms with Crippen LogP contribution in [0, 0.1) is 11.8 Å². The van der Waals surface area contributed by atoms with E-state index in [9.17, 15) is 29.4 Å². The number of nitrogens with one attached hydrogen (secondary N) is 3. The fourth-order valence-electron chi connectivity index (χ4n) is 2.28. The van der Waals surface area contributed by atoms with Crippen LogP contribution in [0.25, 0.3) is 0 Å². The number of carbonyl (C=O) groups excluding carboxylic acids is 3. The van der Waals surface area contributed by atoms with Gasteiger partial charge in [0.15, 0.2) is 0 Å². The molecule has 0 aromatic heterocycles. The summed E-state index contributed by atoms with van der Waals surface area (Å²) in [6, 6.07) is -4.49. The molecule has 0 fully saturated rings. The second-order valence-electron chi connectivity index (χ2n) is 7.31. The maximum atomic E-state index is 12.6. The van der Waals surface area contributed by atoms with Crippen LogP contribution in [0.3, 0.4) is 0 Å². The van der Waals surface area contributed by atoms with E-state index in [-0.39, 0.29) is 11.7 Å². The number of carboxylic acid groups (broad SMARTS) is 1. The number of nitrogens with two attached hydrogens (primary N) is 1. The third-order valence-corrected chi connectivity index (χ3v) is 4.47. The van der Waals surface area contributed by atoms with Crippen molar-refractivity contribution in [1.82, 2.24) is 16.0 Å². The van der Waals surface area contributed by atoms with Gasteiger partial charge in [-0.1, -0.05) is 27.7 Å². The molecule has 0 saturated carbocycles. The van der Waals surface area contributed by atoms with Gasteiger partial charge in [-0.25, -0.2) is 4.79 Å². The largest absolute Gasteiger partial charge is 0.480 e. The Morgan fingerprint density at radius 1 is 0.821 bits per heavy atom. The minimum Gasteiger partial charge on any atom is -0.480 e. The molecular formula is C17H32N4O6S. The van der Waals surface area contributed by atoms with Crippen molar-refractivity contribution in [3.63, 3.8) is 0 Å². The summed E-state index contributed by atoms with van der Waals surface area (Å²) in [4.78, 5) is 48.3. The van der Waals surface area contributed by atoms with Gasteiger partial charge < -0.3 is 31.9 Å². The third-order valence-electron chi connectivity index (χ3n) is 4.07. The number of aliphatic hydroxyl groups excluding tert-OH is 1. The lowest BCUT2D eigenvalue weighted by atomic mass is 10.0. The van der Waals surface area contributed by atoms with Gasteiger partial charge in [0.05, 0.1) is 12.1 Å². The van der Waals surface area contributed by atoms with E-state index in [4.69, 9.17) is 5.73 Å². The molecule has 0 rings (SSSR count). The number of carboxylic acids is 1. The van der Waals surface area contributed by atoms with E-state index in [0.717, 1.165) is 0 Å². The van der Waals surface area contributed by atoms with E-state index in [1.807, 2.05) is 0 Å². The quantitative estimate of drug-likeness (QED) is 0.199. The minimum atomic E-state index is -1.40. The molecule has 10 nitrogen and oxygen atoms in total. The van der Waals surface area contributed by atoms with Crippen LogP contribution in [-0.2, 0) is 19.2 Å². The van der Waals surface area contributed by atoms with E-state index >= 15 is 0 Å². The van der Waals surface area contributed by atoms with Crippen LogP contribution in [0.1, 0.15) is 34.6 Å². The topological polar surface area (TPSA) is 171 Å². The summed E-state index contributed by atoms with van der Waals surface area (Å²) in [7, 11) is 0. The number of aliphatic carboxylic acids is 1. The van der Waals surface area contributed by atoms with Crippen molar-refractivity contribution in [2.45, 2.75) is 64.9 Å². The molecular weight excluding hydrogens is 388 g/mol. The number of hydrogen-bond donors (Lipinski definition) is 7. The summed E-state index contributed by atoms with van der Waals surface area (Å²) < 4.78 is 0. The Hall–Kier alpha value is -1.85. The predicted molar refractivity (Wildman–Crippen MR) is 107 cm³/mol. The second-order valence-corrected chi connectivity index (χ2v) is 7.68. The molecule has 0 spiro atoms. The summed E-state index contributed by atoms with van der Waals surface area (Å²) in [5.41, 5.74) is 5.59. The molecule has 5 unspecified atom stereocenters. The highest BCUT2D eigenvalue weighted by atomic mass is 32.1. The first-order chi connectivity index (χ1) is 12.8. The Labute approximate surface area is 170 Å². The van der Waals surface area contributed by atoms with E-state index in [0.29, 0.717) is 0 Å². The van der Waals surface area contributed by atoms with Gasteiger partial charge in [-0.15, -0.1) is 0 Å². The highest BCUT2D eigenvalue weighted by Gasteiger charge is 2.34. The van der Waals surface area contributed by atoms with Crippen molar-refractivity contribution >= 4 is 36.3 Å². The zero-order chi connectivity index (χ0) is 22.2. The monoisotopic (exact) mass is 420 g/mol. The molecule has 0 saturated heterocycles. The SMILES string of the molecule is CC(C)C(NC(=O)C(NC(=O)C(NC(=O)C(N)CS)C(C)C)C(C)O)C(=O)O. The molecule has 28 heavy (non-hydrogen) atoms. The summed E-state index contributed by atoms with van der Waals surface area (Å²) >= 11 is 3.93. The lowest BCUT2D eigenvalue weighted by Gasteiger charge is -2.28. The van der Waals surface area contributed by atoms with Crippen molar-refractivity contribution in [2.75, 3.05) is 5.75 Å². The summed E-state index contributed by atoms with van der Waals surface area (Å²) in [6.07, 6.45) is -1.30. The first-order valence-electron chi connectivity index (χ1n) is 9.01. The smallest absolute Gasteiger partial charge is 0.326 e. The molecule has 0 aliphatic rings. The van der Waals surface area contributed by atoms with E-state index in [2.05, 4.69) is 28.6 Å². The van der Waals surface area contributed by atoms with Gasteiger partial charge in [0, 0.05) is 5.75 Å². The lowest BCUT2D eigenvalue weighted by Crippen LogP contribution is -2.61. The highest BCUT2D eigenvalue weighted by Crippen LogP contribution is 2.07. The van der Waals surface area contributed by atoms with E-state index in [1.165, 1.54) is 6.92 Å². The van der Waals surface area contributed by atoms with Crippen molar-refractivity contribution in [1.29, 1.82) is 0 Å². The highest BCUT2D eigenvalue weighted by molar-refractivity contribution is 7.80. The molecule has 162 valence electrons. The summed E-state index contributed by atoms with van der Waals surface area (Å²) in [5, 5.41) is 26.3. The Bertz CT molecular complexity index is 570. The molecule has 5 atom stereocenters. The van der Waals surface area contributed by atoms with Gasteiger partial charge in [-0.05, 0) is 18.8 Å². The van der Waals surface area contributed by atoms with Gasteiger partial charge in [0.2, 0.25) is 17.7 Å². The molecule has 0 aromatic rings. The van der Waals surface area contributed by atoms with Crippen LogP contribution >= 0.6 is 12.6 Å². The average Bonchev–Trinajstić information content (AvgIpc) is 2.59. The molecule has 7 N–H and O–H groups in total. The number of hydrogen-bond acceptors (Lipinski definition) is 7. The molecule has 0 bridgehead atoms. The van der Waals surface area contributed by atoms with Crippen molar-refractivity contribution in [3.8, 4) is 0 Å². The molecule has 3 amide bonds. The number of carbonyl (C=O) groups is 4. The third kappa shape index (κ3) is 8.03. The Morgan fingerprint density at radius 3 is 1.57 bits per heavy atom. The number of aliphatic hydroxyl groups is 1. The standard InChI is InChI=1S/C17H32N4O6S/c1-7(2)11(19-14(23)10(18)6-28)15(24)21-13(9(5)22)16(25)20-12(8(3)4)17(26)27/h7-13,22,28H,6,18H2,1-5H3,(H,19,23)(H,20,25)(H,21,24)(H,26,27). The van der Waals surface area contributed by atoms with Crippen molar-refractivity contribution in [3.05, 3.63) is 0 Å². The maximum Gasteiger partial charge on any atom is 0.326 e. The molecule has 0 aromatic carbocycles. The fraction of sp³-hybridized carbons (Fsp3) is 0.765. The zero-order valence-corrected chi connectivity index (χ0v) is 17.7. The average molecular weight is 421 g/mol. The summed E-state index contributed by atoms with van der Waals surface area (Å²) in [5.74, 6) is -4.01. The first kappa shape index (κ1) is 26.1. The predicted octanol–water partition coefficient (Wildman–Crippen LogP) is -1.52. The zero-order valence-electron chi connectivity index (χ0n) is 16.8. The molecule has 0 radical (unpaired) electrons. The van der Waals surface area contributed by atoms with Crippen LogP contribution in [0.5, 0.6) is 0 Å². The molecule has 0 heterocycles. The lowest BCUT2D eigenvalue weighted by molar-refractivity contribution is -0.144. The fourth-order valence-corrected chi connectivity index (χ4v) is 2.45. The van der Waals surface area contributed by atoms with Crippen LogP contribution in [0.2, 0.25) is 0 Å². The van der Waals surface area contributed by atoms with Gasteiger partial charge in [0.1, 0.15) is 18.1 Å². The number of thiol groups is 1. The second kappa shape index (κ2) is 11.9. The summed E-state index contributed by atoms with van der Waals surface area (Å²) in [6.45, 7) is 7.89. The van der Waals surface area contributed by atoms with Gasteiger partial charge in [0.25, 0.3) is 0 Å². The maximum absolute atomic E-state index is 12.6. The normalized spacial score (nSPS) is 16.6. The number of rotatable bonds is 11. The Morgan fingerprint density at radius 2 is 1.21 bits per heavy atom. The van der Waals surface area contributed by atoms with Crippen LogP contribution < -0.4 is 21.7 Å². The van der Waals surface area contributed by atoms with Gasteiger partial charge >= 0.3 is 5.97 Å². The van der Waals surface area contributed by atoms with Crippen molar-refractivity contribution < 1.29 is 29.4 Å². The molecule has 11 heteroatoms. The number of amides is 3. The van der Waals surface area contributed by atoms with Crippen LogP contribution in [0.4, 0.5) is 0 Å². The van der Waals surface area contributed by atoms with E-state index in [1.54, 1.807) is 27.7 Å². The molecule has 0 aliphatic carbocycles. The van der Waals surface area contributed by atoms with E-state index < -0.39 is 59.9 Å². The van der Waals surface area contributed by atoms with Gasteiger partial charge in [-0.3, -0.25) is 14.4 Å². The molecule has 0 aliphatic heterocycles. The Kier molecular flexibility index (Phi) is 11.1. The first-order valence-corrected chi connectivity index (χ1v) is 9.65. The van der Waals surface area contributed by atoms with Gasteiger partial charge in [-0.2, -0.15) is 12.6 Å².